The van der Waals surface area contributed by atoms with E-state index in [1.165, 1.54) is 4.90 Å². The maximum Gasteiger partial charge on any atom is 0.326 e. The molecule has 0 aliphatic carbocycles. The Bertz CT molecular complexity index is 792. The predicted molar refractivity (Wildman–Crippen MR) is 102 cm³/mol. The summed E-state index contributed by atoms with van der Waals surface area (Å²) in [7, 11) is 3.80. The van der Waals surface area contributed by atoms with Crippen LogP contribution in [0.1, 0.15) is 31.3 Å². The van der Waals surface area contributed by atoms with Gasteiger partial charge in [0.05, 0.1) is 0 Å². The molecule has 0 fully saturated rings. The number of esters is 1. The molecule has 2 aromatic rings. The molecule has 142 valence electrons. The van der Waals surface area contributed by atoms with Gasteiger partial charge in [0.15, 0.2) is 5.76 Å². The minimum atomic E-state index is -0.608. The predicted octanol–water partition coefficient (Wildman–Crippen LogP) is 3.43. The first-order valence-corrected chi connectivity index (χ1v) is 8.78. The van der Waals surface area contributed by atoms with E-state index in [1.54, 1.807) is 45.0 Å². The van der Waals surface area contributed by atoms with Crippen molar-refractivity contribution in [1.82, 2.24) is 9.80 Å². The number of amides is 1. The van der Waals surface area contributed by atoms with Crippen molar-refractivity contribution < 1.29 is 18.7 Å². The molecule has 0 aliphatic heterocycles. The highest BCUT2D eigenvalue weighted by Gasteiger charge is 2.25. The monoisotopic (exact) mass is 380 g/mol. The molecule has 0 N–H and O–H groups in total. The molecule has 1 aromatic heterocycles. The van der Waals surface area contributed by atoms with Crippen molar-refractivity contribution in [2.24, 2.45) is 0 Å². The third-order valence-corrected chi connectivity index (χ3v) is 3.77. The van der Waals surface area contributed by atoms with E-state index in [2.05, 4.69) is 0 Å². The third kappa shape index (κ3) is 5.75. The van der Waals surface area contributed by atoms with Crippen LogP contribution in [0.2, 0.25) is 5.02 Å². The second kappa shape index (κ2) is 8.10. The molecule has 0 saturated heterocycles. The summed E-state index contributed by atoms with van der Waals surface area (Å²) < 4.78 is 11.0. The van der Waals surface area contributed by atoms with Gasteiger partial charge in [0.2, 0.25) is 0 Å². The zero-order valence-electron chi connectivity index (χ0n) is 15.8. The van der Waals surface area contributed by atoms with Crippen LogP contribution in [0, 0.1) is 0 Å². The van der Waals surface area contributed by atoms with Gasteiger partial charge in [-0.2, -0.15) is 0 Å². The molecule has 1 amide bonds. The number of fused-ring (bicyclic) bond motifs is 1. The van der Waals surface area contributed by atoms with E-state index in [0.717, 1.165) is 5.39 Å². The molecule has 2 rings (SSSR count). The molecule has 6 nitrogen and oxygen atoms in total. The van der Waals surface area contributed by atoms with E-state index in [1.807, 2.05) is 19.0 Å². The second-order valence-electron chi connectivity index (χ2n) is 7.41. The molecular formula is C19H25ClN2O4. The molecule has 1 aromatic carbocycles. The summed E-state index contributed by atoms with van der Waals surface area (Å²) in [6.45, 7) is 6.23. The van der Waals surface area contributed by atoms with Crippen LogP contribution in [0.5, 0.6) is 0 Å². The Labute approximate surface area is 158 Å². The SMILES string of the molecule is CN(C)CCN(CC(=O)OC(C)(C)C)C(=O)c1cc2cc(Cl)ccc2o1. The molecule has 26 heavy (non-hydrogen) atoms. The van der Waals surface area contributed by atoms with Crippen molar-refractivity contribution in [2.75, 3.05) is 33.7 Å². The Hall–Kier alpha value is -2.05. The van der Waals surface area contributed by atoms with Crippen LogP contribution >= 0.6 is 11.6 Å². The minimum Gasteiger partial charge on any atom is -0.459 e. The van der Waals surface area contributed by atoms with Gasteiger partial charge in [-0.25, -0.2) is 0 Å². The lowest BCUT2D eigenvalue weighted by atomic mass is 10.2. The topological polar surface area (TPSA) is 63.0 Å². The van der Waals surface area contributed by atoms with Gasteiger partial charge in [0.25, 0.3) is 5.91 Å². The van der Waals surface area contributed by atoms with Crippen LogP contribution in [0.15, 0.2) is 28.7 Å². The van der Waals surface area contributed by atoms with Crippen molar-refractivity contribution in [3.8, 4) is 0 Å². The van der Waals surface area contributed by atoms with E-state index < -0.39 is 11.6 Å². The van der Waals surface area contributed by atoms with Crippen LogP contribution in [0.25, 0.3) is 11.0 Å². The average Bonchev–Trinajstić information content (AvgIpc) is 2.91. The fraction of sp³-hybridized carbons (Fsp3) is 0.474. The van der Waals surface area contributed by atoms with Crippen LogP contribution < -0.4 is 0 Å². The Balaban J connectivity index is 2.21. The first-order valence-electron chi connectivity index (χ1n) is 8.40. The van der Waals surface area contributed by atoms with Crippen molar-refractivity contribution in [3.05, 3.63) is 35.0 Å². The molecule has 0 bridgehead atoms. The minimum absolute atomic E-state index is 0.137. The number of hydrogen-bond acceptors (Lipinski definition) is 5. The maximum absolute atomic E-state index is 12.9. The number of benzene rings is 1. The molecule has 0 aliphatic rings. The van der Waals surface area contributed by atoms with Crippen LogP contribution in [0.4, 0.5) is 0 Å². The van der Waals surface area contributed by atoms with E-state index in [4.69, 9.17) is 20.8 Å². The van der Waals surface area contributed by atoms with Crippen LogP contribution in [0.3, 0.4) is 0 Å². The maximum atomic E-state index is 12.9. The van der Waals surface area contributed by atoms with E-state index in [0.29, 0.717) is 23.7 Å². The summed E-state index contributed by atoms with van der Waals surface area (Å²) in [6.07, 6.45) is 0. The first kappa shape index (κ1) is 20.3. The molecular weight excluding hydrogens is 356 g/mol. The van der Waals surface area contributed by atoms with Gasteiger partial charge < -0.3 is 19.0 Å². The third-order valence-electron chi connectivity index (χ3n) is 3.53. The van der Waals surface area contributed by atoms with Gasteiger partial charge >= 0.3 is 5.97 Å². The lowest BCUT2D eigenvalue weighted by Crippen LogP contribution is -2.41. The van der Waals surface area contributed by atoms with E-state index >= 15 is 0 Å². The molecule has 0 saturated carbocycles. The van der Waals surface area contributed by atoms with Crippen LogP contribution in [-0.2, 0) is 9.53 Å². The molecule has 0 radical (unpaired) electrons. The van der Waals surface area contributed by atoms with Gasteiger partial charge in [-0.15, -0.1) is 0 Å². The summed E-state index contributed by atoms with van der Waals surface area (Å²) >= 11 is 5.98. The number of carbonyl (C=O) groups is 2. The van der Waals surface area contributed by atoms with Crippen LogP contribution in [-0.4, -0.2) is 61.0 Å². The van der Waals surface area contributed by atoms with Gasteiger partial charge in [-0.05, 0) is 59.1 Å². The number of furan rings is 1. The van der Waals surface area contributed by atoms with Crippen molar-refractivity contribution in [2.45, 2.75) is 26.4 Å². The zero-order chi connectivity index (χ0) is 19.5. The molecule has 0 unspecified atom stereocenters. The van der Waals surface area contributed by atoms with Gasteiger partial charge in [0.1, 0.15) is 17.7 Å². The normalized spacial score (nSPS) is 11.8. The fourth-order valence-corrected chi connectivity index (χ4v) is 2.56. The lowest BCUT2D eigenvalue weighted by molar-refractivity contribution is -0.155. The second-order valence-corrected chi connectivity index (χ2v) is 7.85. The van der Waals surface area contributed by atoms with Crippen molar-refractivity contribution in [1.29, 1.82) is 0 Å². The fourth-order valence-electron chi connectivity index (χ4n) is 2.38. The quantitative estimate of drug-likeness (QED) is 0.718. The number of ether oxygens (including phenoxy) is 1. The Morgan fingerprint density at radius 1 is 1.15 bits per heavy atom. The highest BCUT2D eigenvalue weighted by Crippen LogP contribution is 2.24. The van der Waals surface area contributed by atoms with Crippen molar-refractivity contribution >= 4 is 34.4 Å². The Morgan fingerprint density at radius 3 is 2.46 bits per heavy atom. The number of likely N-dealkylation sites (N-methyl/N-ethyl adjacent to an activating group) is 1. The van der Waals surface area contributed by atoms with Gasteiger partial charge in [-0.3, -0.25) is 9.59 Å². The molecule has 1 heterocycles. The smallest absolute Gasteiger partial charge is 0.326 e. The zero-order valence-corrected chi connectivity index (χ0v) is 16.6. The summed E-state index contributed by atoms with van der Waals surface area (Å²) in [4.78, 5) is 28.5. The summed E-state index contributed by atoms with van der Waals surface area (Å²) in [5.74, 6) is -0.640. The largest absolute Gasteiger partial charge is 0.459 e. The number of nitrogens with zero attached hydrogens (tertiary/aromatic N) is 2. The number of hydrogen-bond donors (Lipinski definition) is 0. The summed E-state index contributed by atoms with van der Waals surface area (Å²) in [6, 6.07) is 6.79. The standard InChI is InChI=1S/C19H25ClN2O4/c1-19(2,3)26-17(23)12-22(9-8-21(4)5)18(24)16-11-13-10-14(20)6-7-15(13)25-16/h6-7,10-11H,8-9,12H2,1-5H3. The lowest BCUT2D eigenvalue weighted by Gasteiger charge is -2.25. The number of carbonyl (C=O) groups excluding carboxylic acids is 2. The van der Waals surface area contributed by atoms with Gasteiger partial charge in [-0.1, -0.05) is 11.6 Å². The summed E-state index contributed by atoms with van der Waals surface area (Å²) in [5, 5.41) is 1.31. The highest BCUT2D eigenvalue weighted by atomic mass is 35.5. The van der Waals surface area contributed by atoms with E-state index in [-0.39, 0.29) is 18.2 Å². The van der Waals surface area contributed by atoms with Gasteiger partial charge in [0, 0.05) is 23.5 Å². The Morgan fingerprint density at radius 2 is 1.85 bits per heavy atom. The van der Waals surface area contributed by atoms with Crippen molar-refractivity contribution in [3.63, 3.8) is 0 Å². The molecule has 7 heteroatoms. The highest BCUT2D eigenvalue weighted by molar-refractivity contribution is 6.31. The number of rotatable bonds is 6. The number of halogens is 1. The average molecular weight is 381 g/mol. The molecule has 0 atom stereocenters. The summed E-state index contributed by atoms with van der Waals surface area (Å²) in [5.41, 5.74) is -0.0358. The first-order chi connectivity index (χ1) is 12.0. The Kier molecular flexibility index (Phi) is 6.31. The van der Waals surface area contributed by atoms with E-state index in [9.17, 15) is 9.59 Å². The molecule has 0 spiro atoms.